The summed E-state index contributed by atoms with van der Waals surface area (Å²) in [6.07, 6.45) is 0.0189. The molecule has 1 aliphatic rings. The minimum atomic E-state index is -0.948. The summed E-state index contributed by atoms with van der Waals surface area (Å²) in [7, 11) is 0. The lowest BCUT2D eigenvalue weighted by atomic mass is 10.2. The van der Waals surface area contributed by atoms with Crippen LogP contribution < -0.4 is 4.74 Å². The van der Waals surface area contributed by atoms with Gasteiger partial charge in [-0.3, -0.25) is 4.90 Å². The smallest absolute Gasteiger partial charge is 0.335 e. The maximum atomic E-state index is 11.0. The lowest BCUT2D eigenvalue weighted by molar-refractivity contribution is -0.0565. The van der Waals surface area contributed by atoms with Crippen molar-refractivity contribution in [1.82, 2.24) is 4.90 Å². The lowest BCUT2D eigenvalue weighted by Gasteiger charge is -2.35. The quantitative estimate of drug-likeness (QED) is 0.763. The van der Waals surface area contributed by atoms with E-state index in [1.807, 2.05) is 0 Å². The summed E-state index contributed by atoms with van der Waals surface area (Å²) < 4.78 is 12.4. The average Bonchev–Trinajstić information content (AvgIpc) is 2.46. The SMILES string of the molecule is CC(C)N1CCOC(COc2cc(C(=O)O)ccc2I)C1. The molecule has 5 nitrogen and oxygen atoms in total. The van der Waals surface area contributed by atoms with Gasteiger partial charge in [-0.25, -0.2) is 4.79 Å². The van der Waals surface area contributed by atoms with Crippen LogP contribution in [-0.2, 0) is 4.74 Å². The van der Waals surface area contributed by atoms with Crippen LogP contribution in [0.5, 0.6) is 5.75 Å². The standard InChI is InChI=1S/C15H20INO4/c1-10(2)17-5-6-20-12(8-17)9-21-14-7-11(15(18)19)3-4-13(14)16/h3-4,7,10,12H,5-6,8-9H2,1-2H3,(H,18,19). The molecule has 0 bridgehead atoms. The molecule has 1 aromatic rings. The third-order valence-corrected chi connectivity index (χ3v) is 4.39. The molecule has 0 amide bonds. The Morgan fingerprint density at radius 3 is 3.00 bits per heavy atom. The van der Waals surface area contributed by atoms with Crippen molar-refractivity contribution in [2.24, 2.45) is 0 Å². The zero-order chi connectivity index (χ0) is 15.4. The van der Waals surface area contributed by atoms with Crippen LogP contribution in [0, 0.1) is 3.57 Å². The molecular weight excluding hydrogens is 385 g/mol. The van der Waals surface area contributed by atoms with Gasteiger partial charge in [0, 0.05) is 19.1 Å². The average molecular weight is 405 g/mol. The Balaban J connectivity index is 1.96. The summed E-state index contributed by atoms with van der Waals surface area (Å²) in [4.78, 5) is 13.4. The van der Waals surface area contributed by atoms with Gasteiger partial charge in [0.1, 0.15) is 18.5 Å². The monoisotopic (exact) mass is 405 g/mol. The van der Waals surface area contributed by atoms with Gasteiger partial charge in [-0.1, -0.05) is 0 Å². The zero-order valence-electron chi connectivity index (χ0n) is 12.2. The molecule has 1 saturated heterocycles. The molecule has 0 aromatic heterocycles. The van der Waals surface area contributed by atoms with Crippen molar-refractivity contribution in [3.63, 3.8) is 0 Å². The second kappa shape index (κ2) is 7.42. The number of nitrogens with zero attached hydrogens (tertiary/aromatic N) is 1. The van der Waals surface area contributed by atoms with Crippen molar-refractivity contribution in [3.8, 4) is 5.75 Å². The second-order valence-electron chi connectivity index (χ2n) is 5.34. The van der Waals surface area contributed by atoms with Gasteiger partial charge in [-0.15, -0.1) is 0 Å². The summed E-state index contributed by atoms with van der Waals surface area (Å²) in [6, 6.07) is 5.38. The molecule has 0 radical (unpaired) electrons. The first-order chi connectivity index (χ1) is 9.97. The summed E-state index contributed by atoms with van der Waals surface area (Å²) in [5, 5.41) is 9.02. The number of hydrogen-bond acceptors (Lipinski definition) is 4. The molecule has 1 aromatic carbocycles. The largest absolute Gasteiger partial charge is 0.490 e. The highest BCUT2D eigenvalue weighted by atomic mass is 127. The number of carbonyl (C=O) groups is 1. The Hall–Kier alpha value is -0.860. The molecule has 1 atom stereocenters. The topological polar surface area (TPSA) is 59.0 Å². The molecule has 2 rings (SSSR count). The summed E-state index contributed by atoms with van der Waals surface area (Å²) in [5.74, 6) is -0.350. The molecule has 116 valence electrons. The fourth-order valence-electron chi connectivity index (χ4n) is 2.24. The summed E-state index contributed by atoms with van der Waals surface area (Å²) in [5.41, 5.74) is 0.235. The van der Waals surface area contributed by atoms with Gasteiger partial charge in [0.25, 0.3) is 0 Å². The van der Waals surface area contributed by atoms with E-state index in [9.17, 15) is 4.79 Å². The van der Waals surface area contributed by atoms with Crippen molar-refractivity contribution in [2.45, 2.75) is 26.0 Å². The van der Waals surface area contributed by atoms with Gasteiger partial charge in [-0.2, -0.15) is 0 Å². The fourth-order valence-corrected chi connectivity index (χ4v) is 2.73. The molecule has 1 N–H and O–H groups in total. The summed E-state index contributed by atoms with van der Waals surface area (Å²) in [6.45, 7) is 7.26. The number of aromatic carboxylic acids is 1. The van der Waals surface area contributed by atoms with E-state index >= 15 is 0 Å². The van der Waals surface area contributed by atoms with Crippen LogP contribution in [0.15, 0.2) is 18.2 Å². The predicted molar refractivity (Wildman–Crippen MR) is 88.1 cm³/mol. The Bertz CT molecular complexity index is 506. The number of morpholine rings is 1. The maximum Gasteiger partial charge on any atom is 0.335 e. The van der Waals surface area contributed by atoms with Gasteiger partial charge in [0.05, 0.1) is 15.7 Å². The number of rotatable bonds is 5. The highest BCUT2D eigenvalue weighted by molar-refractivity contribution is 14.1. The molecule has 6 heteroatoms. The highest BCUT2D eigenvalue weighted by Crippen LogP contribution is 2.23. The van der Waals surface area contributed by atoms with Gasteiger partial charge in [0.15, 0.2) is 0 Å². The summed E-state index contributed by atoms with van der Waals surface area (Å²) >= 11 is 2.14. The van der Waals surface area contributed by atoms with E-state index in [2.05, 4.69) is 41.3 Å². The van der Waals surface area contributed by atoms with E-state index < -0.39 is 5.97 Å². The first-order valence-electron chi connectivity index (χ1n) is 6.98. The number of hydrogen-bond donors (Lipinski definition) is 1. The van der Waals surface area contributed by atoms with Crippen molar-refractivity contribution >= 4 is 28.6 Å². The van der Waals surface area contributed by atoms with Crippen LogP contribution in [0.4, 0.5) is 0 Å². The molecule has 0 saturated carbocycles. The van der Waals surface area contributed by atoms with Gasteiger partial charge >= 0.3 is 5.97 Å². The first kappa shape index (κ1) is 16.5. The maximum absolute atomic E-state index is 11.0. The van der Waals surface area contributed by atoms with Crippen LogP contribution in [0.2, 0.25) is 0 Å². The van der Waals surface area contributed by atoms with E-state index in [0.29, 0.717) is 25.0 Å². The van der Waals surface area contributed by atoms with E-state index in [1.54, 1.807) is 18.2 Å². The lowest BCUT2D eigenvalue weighted by Crippen LogP contribution is -2.47. The van der Waals surface area contributed by atoms with Crippen LogP contribution in [0.25, 0.3) is 0 Å². The van der Waals surface area contributed by atoms with Gasteiger partial charge in [0.2, 0.25) is 0 Å². The van der Waals surface area contributed by atoms with Crippen molar-refractivity contribution in [1.29, 1.82) is 0 Å². The fraction of sp³-hybridized carbons (Fsp3) is 0.533. The van der Waals surface area contributed by atoms with E-state index in [4.69, 9.17) is 14.6 Å². The highest BCUT2D eigenvalue weighted by Gasteiger charge is 2.23. The molecular formula is C15H20INO4. The molecule has 1 unspecified atom stereocenters. The number of carboxylic acid groups (broad SMARTS) is 1. The van der Waals surface area contributed by atoms with Crippen molar-refractivity contribution in [2.75, 3.05) is 26.3 Å². The van der Waals surface area contributed by atoms with Crippen LogP contribution in [-0.4, -0.2) is 54.4 Å². The van der Waals surface area contributed by atoms with E-state index in [0.717, 1.165) is 16.7 Å². The molecule has 1 fully saturated rings. The Morgan fingerprint density at radius 2 is 2.33 bits per heavy atom. The number of carboxylic acids is 1. The van der Waals surface area contributed by atoms with Crippen LogP contribution >= 0.6 is 22.6 Å². The number of halogens is 1. The Kier molecular flexibility index (Phi) is 5.83. The van der Waals surface area contributed by atoms with E-state index in [-0.39, 0.29) is 11.7 Å². The molecule has 1 aliphatic heterocycles. The van der Waals surface area contributed by atoms with Crippen LogP contribution in [0.1, 0.15) is 24.2 Å². The normalized spacial score (nSPS) is 19.7. The number of ether oxygens (including phenoxy) is 2. The van der Waals surface area contributed by atoms with Crippen molar-refractivity contribution in [3.05, 3.63) is 27.3 Å². The number of benzene rings is 1. The van der Waals surface area contributed by atoms with Crippen molar-refractivity contribution < 1.29 is 19.4 Å². The van der Waals surface area contributed by atoms with Gasteiger partial charge < -0.3 is 14.6 Å². The Labute approximate surface area is 138 Å². The second-order valence-corrected chi connectivity index (χ2v) is 6.51. The minimum Gasteiger partial charge on any atom is -0.490 e. The molecule has 0 aliphatic carbocycles. The zero-order valence-corrected chi connectivity index (χ0v) is 14.4. The predicted octanol–water partition coefficient (Wildman–Crippen LogP) is 2.48. The molecule has 0 spiro atoms. The third kappa shape index (κ3) is 4.55. The Morgan fingerprint density at radius 1 is 1.57 bits per heavy atom. The van der Waals surface area contributed by atoms with Crippen LogP contribution in [0.3, 0.4) is 0 Å². The van der Waals surface area contributed by atoms with E-state index in [1.165, 1.54) is 0 Å². The molecule has 21 heavy (non-hydrogen) atoms. The molecule has 1 heterocycles. The minimum absolute atomic E-state index is 0.0189. The third-order valence-electron chi connectivity index (χ3n) is 3.50. The first-order valence-corrected chi connectivity index (χ1v) is 8.06. The van der Waals surface area contributed by atoms with Gasteiger partial charge in [-0.05, 0) is 54.6 Å².